The maximum atomic E-state index is 12.4. The quantitative estimate of drug-likeness (QED) is 0.735. The number of sulfonamides is 1. The zero-order valence-corrected chi connectivity index (χ0v) is 18.6. The third kappa shape index (κ3) is 4.74. The van der Waals surface area contributed by atoms with Crippen LogP contribution in [0.25, 0.3) is 0 Å². The molecule has 2 aliphatic heterocycles. The van der Waals surface area contributed by atoms with Crippen molar-refractivity contribution in [3.8, 4) is 0 Å². The summed E-state index contributed by atoms with van der Waals surface area (Å²) in [5.41, 5.74) is 0.547. The second-order valence-corrected chi connectivity index (χ2v) is 10.4. The standard InChI is InChI=1S/C21H26N4O3S2/c1-24(21-18-6-2-3-7-19(18)30(27,28)23-21)15-20(26)22-13-16-8-10-25(11-9-16)14-17-5-4-12-29-17/h2-7,12,16H,8-11,13-15H2,1H3,(H,22,26). The highest BCUT2D eigenvalue weighted by molar-refractivity contribution is 7.90. The van der Waals surface area contributed by atoms with Gasteiger partial charge in [0.2, 0.25) is 5.91 Å². The van der Waals surface area contributed by atoms with E-state index in [9.17, 15) is 13.2 Å². The molecule has 3 heterocycles. The van der Waals surface area contributed by atoms with Gasteiger partial charge >= 0.3 is 0 Å². The van der Waals surface area contributed by atoms with E-state index in [2.05, 4.69) is 32.1 Å². The van der Waals surface area contributed by atoms with Crippen LogP contribution in [0.2, 0.25) is 0 Å². The van der Waals surface area contributed by atoms with Crippen molar-refractivity contribution in [1.82, 2.24) is 15.1 Å². The molecule has 1 aromatic carbocycles. The molecule has 0 atom stereocenters. The smallest absolute Gasteiger partial charge is 0.285 e. The van der Waals surface area contributed by atoms with Crippen molar-refractivity contribution in [1.29, 1.82) is 0 Å². The molecule has 160 valence electrons. The lowest BCUT2D eigenvalue weighted by Gasteiger charge is -2.31. The number of carbonyl (C=O) groups excluding carboxylic acids is 1. The Morgan fingerprint density at radius 2 is 2.00 bits per heavy atom. The predicted molar refractivity (Wildman–Crippen MR) is 118 cm³/mol. The van der Waals surface area contributed by atoms with Gasteiger partial charge in [-0.25, -0.2) is 0 Å². The Hall–Kier alpha value is -2.23. The van der Waals surface area contributed by atoms with E-state index < -0.39 is 10.0 Å². The number of thiophene rings is 1. The van der Waals surface area contributed by atoms with Crippen LogP contribution in [0, 0.1) is 5.92 Å². The van der Waals surface area contributed by atoms with Crippen molar-refractivity contribution < 1.29 is 13.2 Å². The highest BCUT2D eigenvalue weighted by Gasteiger charge is 2.31. The minimum Gasteiger partial charge on any atom is -0.354 e. The van der Waals surface area contributed by atoms with E-state index in [-0.39, 0.29) is 17.3 Å². The Balaban J connectivity index is 1.24. The Bertz CT molecular complexity index is 1030. The first kappa shape index (κ1) is 21.0. The van der Waals surface area contributed by atoms with Crippen LogP contribution in [-0.2, 0) is 21.4 Å². The van der Waals surface area contributed by atoms with E-state index in [4.69, 9.17) is 0 Å². The maximum absolute atomic E-state index is 12.4. The number of likely N-dealkylation sites (tertiary alicyclic amines) is 1. The van der Waals surface area contributed by atoms with Gasteiger partial charge < -0.3 is 10.2 Å². The van der Waals surface area contributed by atoms with E-state index >= 15 is 0 Å². The lowest BCUT2D eigenvalue weighted by Crippen LogP contribution is -2.42. The van der Waals surface area contributed by atoms with Gasteiger partial charge in [-0.1, -0.05) is 18.2 Å². The van der Waals surface area contributed by atoms with Gasteiger partial charge in [0.1, 0.15) is 4.90 Å². The summed E-state index contributed by atoms with van der Waals surface area (Å²) in [6.45, 7) is 3.82. The van der Waals surface area contributed by atoms with E-state index in [1.165, 1.54) is 4.88 Å². The minimum absolute atomic E-state index is 0.0694. The summed E-state index contributed by atoms with van der Waals surface area (Å²) in [4.78, 5) is 18.1. The van der Waals surface area contributed by atoms with E-state index in [0.717, 1.165) is 32.5 Å². The molecule has 0 radical (unpaired) electrons. The molecule has 30 heavy (non-hydrogen) atoms. The molecular weight excluding hydrogens is 420 g/mol. The third-order valence-corrected chi connectivity index (χ3v) is 7.80. The lowest BCUT2D eigenvalue weighted by molar-refractivity contribution is -0.121. The lowest BCUT2D eigenvalue weighted by atomic mass is 9.97. The molecule has 0 aliphatic carbocycles. The monoisotopic (exact) mass is 446 g/mol. The van der Waals surface area contributed by atoms with Gasteiger partial charge in [0, 0.05) is 30.6 Å². The summed E-state index contributed by atoms with van der Waals surface area (Å²) in [6, 6.07) is 11.0. The van der Waals surface area contributed by atoms with Crippen LogP contribution in [0.3, 0.4) is 0 Å². The van der Waals surface area contributed by atoms with Crippen LogP contribution in [-0.4, -0.2) is 63.2 Å². The van der Waals surface area contributed by atoms with Crippen LogP contribution in [0.4, 0.5) is 0 Å². The molecule has 2 aromatic rings. The first-order chi connectivity index (χ1) is 14.4. The summed E-state index contributed by atoms with van der Waals surface area (Å²) in [5, 5.41) is 5.12. The Morgan fingerprint density at radius 3 is 2.73 bits per heavy atom. The normalized spacial score (nSPS) is 18.6. The van der Waals surface area contributed by atoms with Crippen molar-refractivity contribution in [2.75, 3.05) is 33.2 Å². The molecule has 1 fully saturated rings. The highest BCUT2D eigenvalue weighted by atomic mass is 32.2. The molecule has 1 amide bonds. The van der Waals surface area contributed by atoms with Crippen molar-refractivity contribution in [3.63, 3.8) is 0 Å². The molecule has 9 heteroatoms. The number of nitrogens with zero attached hydrogens (tertiary/aromatic N) is 3. The molecule has 4 rings (SSSR count). The van der Waals surface area contributed by atoms with Gasteiger partial charge in [0.15, 0.2) is 5.84 Å². The van der Waals surface area contributed by atoms with Crippen LogP contribution >= 0.6 is 11.3 Å². The molecule has 0 saturated carbocycles. The summed E-state index contributed by atoms with van der Waals surface area (Å²) in [5.74, 6) is 0.675. The second kappa shape index (κ2) is 8.87. The number of rotatable bonds is 6. The second-order valence-electron chi connectivity index (χ2n) is 7.85. The molecule has 0 spiro atoms. The van der Waals surface area contributed by atoms with Crippen LogP contribution in [0.15, 0.2) is 51.1 Å². The fraction of sp³-hybridized carbons (Fsp3) is 0.429. The minimum atomic E-state index is -3.68. The molecular formula is C21H26N4O3S2. The number of carbonyl (C=O) groups is 1. The molecule has 7 nitrogen and oxygen atoms in total. The van der Waals surface area contributed by atoms with Gasteiger partial charge in [-0.3, -0.25) is 9.69 Å². The predicted octanol–water partition coefficient (Wildman–Crippen LogP) is 2.16. The summed E-state index contributed by atoms with van der Waals surface area (Å²) >= 11 is 1.79. The number of hydrogen-bond acceptors (Lipinski definition) is 6. The third-order valence-electron chi connectivity index (χ3n) is 5.61. The average molecular weight is 447 g/mol. The molecule has 1 saturated heterocycles. The van der Waals surface area contributed by atoms with E-state index in [0.29, 0.717) is 23.9 Å². The van der Waals surface area contributed by atoms with Crippen LogP contribution < -0.4 is 5.32 Å². The molecule has 1 aromatic heterocycles. The molecule has 0 bridgehead atoms. The van der Waals surface area contributed by atoms with Crippen molar-refractivity contribution in [3.05, 3.63) is 52.2 Å². The number of hydrogen-bond donors (Lipinski definition) is 1. The van der Waals surface area contributed by atoms with Gasteiger partial charge in [-0.05, 0) is 55.4 Å². The number of amidine groups is 1. The highest BCUT2D eigenvalue weighted by Crippen LogP contribution is 2.27. The zero-order valence-electron chi connectivity index (χ0n) is 17.0. The first-order valence-corrected chi connectivity index (χ1v) is 12.4. The average Bonchev–Trinajstić information content (AvgIpc) is 3.34. The summed E-state index contributed by atoms with van der Waals surface area (Å²) < 4.78 is 28.2. The Labute approximate surface area is 181 Å². The maximum Gasteiger partial charge on any atom is 0.285 e. The topological polar surface area (TPSA) is 82.1 Å². The molecule has 1 N–H and O–H groups in total. The SMILES string of the molecule is CN(CC(=O)NCC1CCN(Cc2cccs2)CC1)C1=NS(=O)(=O)c2ccccc21. The molecule has 2 aliphatic rings. The molecule has 0 unspecified atom stereocenters. The zero-order chi connectivity index (χ0) is 21.1. The van der Waals surface area contributed by atoms with Gasteiger partial charge in [-0.2, -0.15) is 8.42 Å². The Morgan fingerprint density at radius 1 is 1.23 bits per heavy atom. The number of fused-ring (bicyclic) bond motifs is 1. The van der Waals surface area contributed by atoms with Crippen molar-refractivity contribution in [2.24, 2.45) is 10.3 Å². The van der Waals surface area contributed by atoms with Gasteiger partial charge in [0.05, 0.1) is 6.54 Å². The number of benzene rings is 1. The Kier molecular flexibility index (Phi) is 6.21. The fourth-order valence-corrected chi connectivity index (χ4v) is 5.94. The van der Waals surface area contributed by atoms with Gasteiger partial charge in [-0.15, -0.1) is 15.7 Å². The van der Waals surface area contributed by atoms with Crippen molar-refractivity contribution in [2.45, 2.75) is 24.3 Å². The summed E-state index contributed by atoms with van der Waals surface area (Å²) in [7, 11) is -1.98. The van der Waals surface area contributed by atoms with E-state index in [1.807, 2.05) is 0 Å². The van der Waals surface area contributed by atoms with Crippen LogP contribution in [0.5, 0.6) is 0 Å². The number of piperidine rings is 1. The first-order valence-electron chi connectivity index (χ1n) is 10.1. The summed E-state index contributed by atoms with van der Waals surface area (Å²) in [6.07, 6.45) is 2.14. The largest absolute Gasteiger partial charge is 0.354 e. The van der Waals surface area contributed by atoms with Gasteiger partial charge in [0.25, 0.3) is 10.0 Å². The van der Waals surface area contributed by atoms with Crippen molar-refractivity contribution >= 4 is 33.1 Å². The number of likely N-dealkylation sites (N-methyl/N-ethyl adjacent to an activating group) is 1. The number of nitrogens with one attached hydrogen (secondary N) is 1. The number of amides is 1. The fourth-order valence-electron chi connectivity index (χ4n) is 3.94. The van der Waals surface area contributed by atoms with Crippen LogP contribution in [0.1, 0.15) is 23.3 Å². The van der Waals surface area contributed by atoms with E-state index in [1.54, 1.807) is 47.5 Å².